The highest BCUT2D eigenvalue weighted by atomic mass is 32.1. The van der Waals surface area contributed by atoms with E-state index in [1.807, 2.05) is 0 Å². The molecule has 1 saturated carbocycles. The van der Waals surface area contributed by atoms with E-state index in [1.165, 1.54) is 64.6 Å². The molecule has 0 aromatic rings. The highest BCUT2D eigenvalue weighted by molar-refractivity contribution is 7.80. The van der Waals surface area contributed by atoms with E-state index in [2.05, 4.69) is 36.5 Å². The summed E-state index contributed by atoms with van der Waals surface area (Å²) >= 11 is 4.67. The minimum atomic E-state index is 0.506. The first-order chi connectivity index (χ1) is 8.65. The van der Waals surface area contributed by atoms with Gasteiger partial charge in [-0.2, -0.15) is 12.6 Å². The molecule has 0 N–H and O–H groups in total. The second-order valence-corrected chi connectivity index (χ2v) is 7.01. The number of thiol groups is 1. The molecule has 1 heterocycles. The molecule has 2 rings (SSSR count). The average molecular weight is 270 g/mol. The smallest absolute Gasteiger partial charge is 0.0220 e. The molecule has 1 aliphatic carbocycles. The van der Waals surface area contributed by atoms with Crippen LogP contribution in [0.4, 0.5) is 0 Å². The van der Waals surface area contributed by atoms with Gasteiger partial charge in [-0.1, -0.05) is 19.3 Å². The lowest BCUT2D eigenvalue weighted by Crippen LogP contribution is -2.49. The molecule has 1 unspecified atom stereocenters. The topological polar surface area (TPSA) is 6.48 Å². The summed E-state index contributed by atoms with van der Waals surface area (Å²) in [5.41, 5.74) is 0.506. The molecule has 1 saturated heterocycles. The van der Waals surface area contributed by atoms with Crippen molar-refractivity contribution in [1.29, 1.82) is 0 Å². The van der Waals surface area contributed by atoms with Crippen LogP contribution in [-0.2, 0) is 0 Å². The first kappa shape index (κ1) is 14.7. The predicted octanol–water partition coefficient (Wildman–Crippen LogP) is 2.89. The van der Waals surface area contributed by atoms with Crippen molar-refractivity contribution in [3.63, 3.8) is 0 Å². The lowest BCUT2D eigenvalue weighted by Gasteiger charge is -2.43. The summed E-state index contributed by atoms with van der Waals surface area (Å²) in [4.78, 5) is 5.12. The summed E-state index contributed by atoms with van der Waals surface area (Å²) in [5, 5.41) is 0. The average Bonchev–Trinajstić information content (AvgIpc) is 2.40. The van der Waals surface area contributed by atoms with Crippen LogP contribution < -0.4 is 0 Å². The fourth-order valence-electron chi connectivity index (χ4n) is 3.83. The molecule has 1 aliphatic heterocycles. The van der Waals surface area contributed by atoms with Crippen molar-refractivity contribution in [2.75, 3.05) is 39.5 Å². The third-order valence-corrected chi connectivity index (χ3v) is 5.73. The first-order valence-electron chi connectivity index (χ1n) is 7.65. The van der Waals surface area contributed by atoms with Gasteiger partial charge in [-0.05, 0) is 57.5 Å². The van der Waals surface area contributed by atoms with Gasteiger partial charge in [0.05, 0.1) is 0 Å². The maximum absolute atomic E-state index is 4.67. The van der Waals surface area contributed by atoms with Gasteiger partial charge >= 0.3 is 0 Å². The van der Waals surface area contributed by atoms with Gasteiger partial charge in [-0.3, -0.25) is 0 Å². The number of likely N-dealkylation sites (N-methyl/N-ethyl adjacent to an activating group) is 2. The van der Waals surface area contributed by atoms with E-state index in [-0.39, 0.29) is 0 Å². The molecule has 2 aliphatic rings. The summed E-state index contributed by atoms with van der Waals surface area (Å²) < 4.78 is 0. The second kappa shape index (κ2) is 6.62. The van der Waals surface area contributed by atoms with Crippen molar-refractivity contribution in [1.82, 2.24) is 9.80 Å². The van der Waals surface area contributed by atoms with Gasteiger partial charge in [0.25, 0.3) is 0 Å². The van der Waals surface area contributed by atoms with E-state index < -0.39 is 0 Å². The van der Waals surface area contributed by atoms with Gasteiger partial charge in [0.15, 0.2) is 0 Å². The van der Waals surface area contributed by atoms with Crippen LogP contribution in [0.15, 0.2) is 0 Å². The van der Waals surface area contributed by atoms with Crippen LogP contribution in [0.3, 0.4) is 0 Å². The van der Waals surface area contributed by atoms with Crippen molar-refractivity contribution in [3.05, 3.63) is 0 Å². The Kier molecular flexibility index (Phi) is 5.40. The summed E-state index contributed by atoms with van der Waals surface area (Å²) in [6.07, 6.45) is 9.79. The van der Waals surface area contributed by atoms with E-state index in [9.17, 15) is 0 Å². The lowest BCUT2D eigenvalue weighted by molar-refractivity contribution is 0.0769. The van der Waals surface area contributed by atoms with Crippen LogP contribution in [0, 0.1) is 5.41 Å². The molecule has 0 bridgehead atoms. The molecule has 0 spiro atoms. The molecular weight excluding hydrogens is 240 g/mol. The summed E-state index contributed by atoms with van der Waals surface area (Å²) in [6, 6.07) is 0.766. The Labute approximate surface area is 119 Å². The Balaban J connectivity index is 1.89. The molecule has 0 aromatic carbocycles. The number of nitrogens with zero attached hydrogens (tertiary/aromatic N) is 2. The van der Waals surface area contributed by atoms with Gasteiger partial charge in [-0.25, -0.2) is 0 Å². The van der Waals surface area contributed by atoms with Crippen LogP contribution in [-0.4, -0.2) is 55.3 Å². The van der Waals surface area contributed by atoms with Crippen LogP contribution in [0.5, 0.6) is 0 Å². The Morgan fingerprint density at radius 3 is 2.56 bits per heavy atom. The van der Waals surface area contributed by atoms with Gasteiger partial charge in [0.1, 0.15) is 0 Å². The number of piperidine rings is 1. The zero-order valence-electron chi connectivity index (χ0n) is 12.2. The van der Waals surface area contributed by atoms with E-state index in [4.69, 9.17) is 0 Å². The van der Waals surface area contributed by atoms with Crippen molar-refractivity contribution < 1.29 is 0 Å². The largest absolute Gasteiger partial charge is 0.305 e. The first-order valence-corrected chi connectivity index (χ1v) is 8.28. The fourth-order valence-corrected chi connectivity index (χ4v) is 4.24. The third kappa shape index (κ3) is 3.64. The van der Waals surface area contributed by atoms with E-state index >= 15 is 0 Å². The van der Waals surface area contributed by atoms with Crippen LogP contribution in [0.2, 0.25) is 0 Å². The molecule has 3 heteroatoms. The Bertz CT molecular complexity index is 251. The standard InChI is InChI=1S/C15H30N2S/c1-16-10-6-7-14(11-16)17(2)12-15(13-18)8-4-3-5-9-15/h14,18H,3-13H2,1-2H3. The SMILES string of the molecule is CN1CCCC(N(C)CC2(CS)CCCCC2)C1. The summed E-state index contributed by atoms with van der Waals surface area (Å²) in [5.74, 6) is 1.07. The Morgan fingerprint density at radius 2 is 1.94 bits per heavy atom. The van der Waals surface area contributed by atoms with Crippen molar-refractivity contribution in [2.45, 2.75) is 51.0 Å². The molecule has 0 radical (unpaired) electrons. The molecule has 0 aromatic heterocycles. The quantitative estimate of drug-likeness (QED) is 0.785. The Hall–Kier alpha value is 0.270. The van der Waals surface area contributed by atoms with Crippen LogP contribution in [0.25, 0.3) is 0 Å². The molecule has 2 fully saturated rings. The monoisotopic (exact) mass is 270 g/mol. The van der Waals surface area contributed by atoms with E-state index in [0.29, 0.717) is 5.41 Å². The van der Waals surface area contributed by atoms with Crippen molar-refractivity contribution in [2.24, 2.45) is 5.41 Å². The molecule has 1 atom stereocenters. The second-order valence-electron chi connectivity index (χ2n) is 6.69. The maximum atomic E-state index is 4.67. The van der Waals surface area contributed by atoms with Crippen LogP contribution >= 0.6 is 12.6 Å². The fraction of sp³-hybridized carbons (Fsp3) is 1.00. The zero-order chi connectivity index (χ0) is 13.0. The van der Waals surface area contributed by atoms with Gasteiger partial charge in [0, 0.05) is 19.1 Å². The van der Waals surface area contributed by atoms with E-state index in [1.54, 1.807) is 0 Å². The lowest BCUT2D eigenvalue weighted by atomic mass is 9.75. The molecule has 2 nitrogen and oxygen atoms in total. The highest BCUT2D eigenvalue weighted by Gasteiger charge is 2.34. The minimum Gasteiger partial charge on any atom is -0.305 e. The third-order valence-electron chi connectivity index (χ3n) is 5.06. The molecule has 106 valence electrons. The minimum absolute atomic E-state index is 0.506. The van der Waals surface area contributed by atoms with E-state index in [0.717, 1.165) is 11.8 Å². The van der Waals surface area contributed by atoms with Crippen LogP contribution in [0.1, 0.15) is 44.9 Å². The van der Waals surface area contributed by atoms with Crippen molar-refractivity contribution in [3.8, 4) is 0 Å². The number of hydrogen-bond donors (Lipinski definition) is 1. The normalized spacial score (nSPS) is 29.7. The van der Waals surface area contributed by atoms with Gasteiger partial charge < -0.3 is 9.80 Å². The summed E-state index contributed by atoms with van der Waals surface area (Å²) in [6.45, 7) is 3.79. The number of hydrogen-bond acceptors (Lipinski definition) is 3. The van der Waals surface area contributed by atoms with Gasteiger partial charge in [-0.15, -0.1) is 0 Å². The zero-order valence-corrected chi connectivity index (χ0v) is 13.1. The molecule has 0 amide bonds. The number of likely N-dealkylation sites (tertiary alicyclic amines) is 1. The summed E-state index contributed by atoms with van der Waals surface area (Å²) in [7, 11) is 4.60. The number of rotatable bonds is 4. The maximum Gasteiger partial charge on any atom is 0.0220 e. The Morgan fingerprint density at radius 1 is 1.22 bits per heavy atom. The highest BCUT2D eigenvalue weighted by Crippen LogP contribution is 2.38. The van der Waals surface area contributed by atoms with Gasteiger partial charge in [0.2, 0.25) is 0 Å². The molecular formula is C15H30N2S. The van der Waals surface area contributed by atoms with Crippen molar-refractivity contribution >= 4 is 12.6 Å². The predicted molar refractivity (Wildman–Crippen MR) is 82.5 cm³/mol. The molecule has 18 heavy (non-hydrogen) atoms.